The van der Waals surface area contributed by atoms with Gasteiger partial charge in [0.25, 0.3) is 0 Å². The van der Waals surface area contributed by atoms with Crippen molar-refractivity contribution in [2.24, 2.45) is 0 Å². The number of H-pyrrole nitrogens is 4. The summed E-state index contributed by atoms with van der Waals surface area (Å²) in [6, 6.07) is 0. The highest BCUT2D eigenvalue weighted by Gasteiger charge is 2.23. The van der Waals surface area contributed by atoms with Gasteiger partial charge in [0, 0.05) is 77.7 Å². The van der Waals surface area contributed by atoms with Crippen LogP contribution in [0.5, 0.6) is 0 Å². The SMILES string of the molecule is C=Cc1c2[nH]c(c1C)Cc1[nH]c(c(C)c1C=C)Cc1[nH]c(c(C)c1CCC(=O)O)Cc1[nH]c(c(C)c1C=C)C2. The third kappa shape index (κ3) is 4.54. The smallest absolute Gasteiger partial charge is 0.303 e. The van der Waals surface area contributed by atoms with Crippen LogP contribution in [0, 0.1) is 27.7 Å². The van der Waals surface area contributed by atoms with Gasteiger partial charge in [-0.15, -0.1) is 0 Å². The molecule has 0 aliphatic carbocycles. The van der Waals surface area contributed by atoms with Crippen LogP contribution < -0.4 is 0 Å². The summed E-state index contributed by atoms with van der Waals surface area (Å²) in [5.74, 6) is -0.785. The zero-order valence-corrected chi connectivity index (χ0v) is 23.5. The second kappa shape index (κ2) is 10.2. The van der Waals surface area contributed by atoms with Crippen molar-refractivity contribution in [1.82, 2.24) is 19.9 Å². The van der Waals surface area contributed by atoms with E-state index in [1.54, 1.807) is 0 Å². The van der Waals surface area contributed by atoms with E-state index in [1.165, 1.54) is 16.7 Å². The van der Waals surface area contributed by atoms with E-state index in [4.69, 9.17) is 0 Å². The average Bonchev–Trinajstić information content (AvgIpc) is 3.55. The van der Waals surface area contributed by atoms with Gasteiger partial charge in [-0.3, -0.25) is 4.79 Å². The van der Waals surface area contributed by atoms with Gasteiger partial charge >= 0.3 is 5.97 Å². The molecule has 1 aliphatic rings. The van der Waals surface area contributed by atoms with E-state index in [-0.39, 0.29) is 6.42 Å². The molecule has 0 atom stereocenters. The lowest BCUT2D eigenvalue weighted by molar-refractivity contribution is -0.136. The Morgan fingerprint density at radius 2 is 0.949 bits per heavy atom. The quantitative estimate of drug-likeness (QED) is 0.168. The van der Waals surface area contributed by atoms with Crippen LogP contribution >= 0.6 is 0 Å². The van der Waals surface area contributed by atoms with Gasteiger partial charge in [0.1, 0.15) is 0 Å². The molecule has 4 aromatic rings. The van der Waals surface area contributed by atoms with E-state index in [0.29, 0.717) is 19.3 Å². The molecule has 5 heterocycles. The Morgan fingerprint density at radius 1 is 0.615 bits per heavy atom. The summed E-state index contributed by atoms with van der Waals surface area (Å²) in [4.78, 5) is 26.4. The summed E-state index contributed by atoms with van der Waals surface area (Å²) in [5, 5.41) is 9.44. The average molecular weight is 523 g/mol. The Balaban J connectivity index is 1.73. The second-order valence-corrected chi connectivity index (χ2v) is 10.8. The van der Waals surface area contributed by atoms with Crippen LogP contribution in [0.1, 0.15) is 96.5 Å². The predicted molar refractivity (Wildman–Crippen MR) is 160 cm³/mol. The number of nitrogens with one attached hydrogen (secondary N) is 4. The maximum absolute atomic E-state index is 11.5. The van der Waals surface area contributed by atoms with Crippen LogP contribution in [-0.2, 0) is 36.9 Å². The molecule has 4 aromatic heterocycles. The molecule has 0 radical (unpaired) electrons. The first-order valence-corrected chi connectivity index (χ1v) is 13.6. The first-order valence-electron chi connectivity index (χ1n) is 13.6. The molecule has 39 heavy (non-hydrogen) atoms. The van der Waals surface area contributed by atoms with Gasteiger partial charge in [0.05, 0.1) is 0 Å². The van der Waals surface area contributed by atoms with Gasteiger partial charge in [-0.25, -0.2) is 0 Å². The van der Waals surface area contributed by atoms with E-state index in [1.807, 2.05) is 18.2 Å². The molecule has 6 heteroatoms. The lowest BCUT2D eigenvalue weighted by Crippen LogP contribution is -2.02. The Bertz CT molecular complexity index is 1630. The van der Waals surface area contributed by atoms with Crippen molar-refractivity contribution in [3.63, 3.8) is 0 Å². The third-order valence-corrected chi connectivity index (χ3v) is 8.64. The van der Waals surface area contributed by atoms with Crippen LogP contribution in [-0.4, -0.2) is 31.0 Å². The molecule has 0 spiro atoms. The molecule has 202 valence electrons. The van der Waals surface area contributed by atoms with Crippen molar-refractivity contribution in [2.45, 2.75) is 66.2 Å². The minimum Gasteiger partial charge on any atom is -0.481 e. The maximum Gasteiger partial charge on any atom is 0.303 e. The fourth-order valence-corrected chi connectivity index (χ4v) is 6.34. The van der Waals surface area contributed by atoms with Crippen molar-refractivity contribution in [2.75, 3.05) is 0 Å². The molecular formula is C33H38N4O2. The number of fused-ring (bicyclic) bond motifs is 8. The molecule has 1 aliphatic heterocycles. The molecular weight excluding hydrogens is 484 g/mol. The normalized spacial score (nSPS) is 12.9. The molecule has 5 N–H and O–H groups in total. The number of carboxylic acid groups (broad SMARTS) is 1. The molecule has 0 fully saturated rings. The van der Waals surface area contributed by atoms with E-state index in [9.17, 15) is 9.90 Å². The second-order valence-electron chi connectivity index (χ2n) is 10.8. The molecule has 0 amide bonds. The summed E-state index contributed by atoms with van der Waals surface area (Å²) in [6.07, 6.45) is 9.22. The van der Waals surface area contributed by atoms with Crippen LogP contribution in [0.3, 0.4) is 0 Å². The number of carbonyl (C=O) groups is 1. The van der Waals surface area contributed by atoms with Crippen molar-refractivity contribution in [1.29, 1.82) is 0 Å². The Morgan fingerprint density at radius 3 is 1.31 bits per heavy atom. The standard InChI is InChI=1S/C33H38N4O2/c1-8-21-17(4)25-14-30-23(10-3)19(6)27(36-30)16-32-24(11-12-33(38)39)20(7)28(37-32)15-31-22(9-2)18(5)26(35-31)13-29(21)34-25/h8-10,34-37H,1-3,11-16H2,4-7H3,(H,38,39). The van der Waals surface area contributed by atoms with E-state index < -0.39 is 5.97 Å². The van der Waals surface area contributed by atoms with Crippen LogP contribution in [0.15, 0.2) is 19.7 Å². The van der Waals surface area contributed by atoms with Crippen LogP contribution in [0.2, 0.25) is 0 Å². The number of hydrogen-bond acceptors (Lipinski definition) is 1. The van der Waals surface area contributed by atoms with Crippen LogP contribution in [0.25, 0.3) is 18.2 Å². The summed E-state index contributed by atoms with van der Waals surface area (Å²) >= 11 is 0. The highest BCUT2D eigenvalue weighted by molar-refractivity contribution is 5.67. The molecule has 0 saturated heterocycles. The first kappa shape index (κ1) is 26.4. The molecule has 5 rings (SSSR count). The highest BCUT2D eigenvalue weighted by atomic mass is 16.4. The van der Waals surface area contributed by atoms with E-state index in [2.05, 4.69) is 67.4 Å². The number of rotatable bonds is 6. The Kier molecular flexibility index (Phi) is 6.89. The fraction of sp³-hybridized carbons (Fsp3) is 0.303. The van der Waals surface area contributed by atoms with E-state index >= 15 is 0 Å². The summed E-state index contributed by atoms with van der Waals surface area (Å²) in [6.45, 7) is 20.9. The van der Waals surface area contributed by atoms with Crippen molar-refractivity contribution < 1.29 is 9.90 Å². The largest absolute Gasteiger partial charge is 0.481 e. The zero-order valence-electron chi connectivity index (χ0n) is 23.5. The van der Waals surface area contributed by atoms with Gasteiger partial charge in [-0.05, 0) is 78.6 Å². The maximum atomic E-state index is 11.5. The topological polar surface area (TPSA) is 100 Å². The molecule has 0 saturated carbocycles. The van der Waals surface area contributed by atoms with Crippen molar-refractivity contribution in [3.8, 4) is 0 Å². The van der Waals surface area contributed by atoms with Gasteiger partial charge in [0.15, 0.2) is 0 Å². The molecule has 8 bridgehead atoms. The number of carboxylic acids is 1. The predicted octanol–water partition coefficient (Wildman–Crippen LogP) is 6.86. The summed E-state index contributed by atoms with van der Waals surface area (Å²) in [5.41, 5.74) is 18.2. The number of aromatic amines is 4. The monoisotopic (exact) mass is 522 g/mol. The third-order valence-electron chi connectivity index (χ3n) is 8.64. The van der Waals surface area contributed by atoms with Gasteiger partial charge in [-0.2, -0.15) is 0 Å². The molecule has 0 aromatic carbocycles. The minimum atomic E-state index is -0.785. The lowest BCUT2D eigenvalue weighted by Gasteiger charge is -2.05. The van der Waals surface area contributed by atoms with Gasteiger partial charge < -0.3 is 25.0 Å². The van der Waals surface area contributed by atoms with Gasteiger partial charge in [0.2, 0.25) is 0 Å². The molecule has 0 unspecified atom stereocenters. The van der Waals surface area contributed by atoms with Gasteiger partial charge in [-0.1, -0.05) is 38.0 Å². The van der Waals surface area contributed by atoms with E-state index in [0.717, 1.165) is 86.2 Å². The van der Waals surface area contributed by atoms with Crippen molar-refractivity contribution in [3.05, 3.63) is 110 Å². The zero-order chi connectivity index (χ0) is 28.0. The first-order chi connectivity index (χ1) is 18.7. The highest BCUT2D eigenvalue weighted by Crippen LogP contribution is 2.32. The summed E-state index contributed by atoms with van der Waals surface area (Å²) < 4.78 is 0. The minimum absolute atomic E-state index is 0.0987. The fourth-order valence-electron chi connectivity index (χ4n) is 6.34. The Hall–Kier alpha value is -4.19. The Labute approximate surface area is 230 Å². The number of aromatic nitrogens is 4. The molecule has 6 nitrogen and oxygen atoms in total. The summed E-state index contributed by atoms with van der Waals surface area (Å²) in [7, 11) is 0. The van der Waals surface area contributed by atoms with Crippen molar-refractivity contribution >= 4 is 24.2 Å². The number of aliphatic carboxylic acids is 1. The number of hydrogen-bond donors (Lipinski definition) is 5. The lowest BCUT2D eigenvalue weighted by atomic mass is 9.99. The van der Waals surface area contributed by atoms with Crippen LogP contribution in [0.4, 0.5) is 0 Å².